The van der Waals surface area contributed by atoms with Crippen molar-refractivity contribution in [2.75, 3.05) is 6.26 Å². The molecule has 39 heavy (non-hydrogen) atoms. The summed E-state index contributed by atoms with van der Waals surface area (Å²) in [5, 5.41) is 0.282. The van der Waals surface area contributed by atoms with E-state index in [1.165, 1.54) is 12.3 Å². The van der Waals surface area contributed by atoms with E-state index in [-0.39, 0.29) is 34.7 Å². The van der Waals surface area contributed by atoms with Crippen LogP contribution in [0.3, 0.4) is 0 Å². The Morgan fingerprint density at radius 2 is 1.79 bits per heavy atom. The summed E-state index contributed by atoms with van der Waals surface area (Å²) in [5.74, 6) is -0.530. The maximum absolute atomic E-state index is 15.0. The maximum atomic E-state index is 15.0. The van der Waals surface area contributed by atoms with Gasteiger partial charge in [0.2, 0.25) is 0 Å². The van der Waals surface area contributed by atoms with Gasteiger partial charge in [-0.25, -0.2) is 17.6 Å². The van der Waals surface area contributed by atoms with Gasteiger partial charge in [0.25, 0.3) is 5.56 Å². The third kappa shape index (κ3) is 5.23. The fraction of sp³-hybridized carbons (Fsp3) is 0.333. The van der Waals surface area contributed by atoms with Gasteiger partial charge in [0.05, 0.1) is 11.1 Å². The van der Waals surface area contributed by atoms with Crippen LogP contribution in [0.2, 0.25) is 0 Å². The molecular weight excluding hydrogens is 632 g/mol. The van der Waals surface area contributed by atoms with Gasteiger partial charge < -0.3 is 8.98 Å². The van der Waals surface area contributed by atoms with E-state index >= 15 is 0 Å². The van der Waals surface area contributed by atoms with Crippen molar-refractivity contribution in [2.24, 2.45) is 0 Å². The molecule has 0 atom stereocenters. The van der Waals surface area contributed by atoms with E-state index in [0.717, 1.165) is 22.0 Å². The van der Waals surface area contributed by atoms with Crippen molar-refractivity contribution in [1.29, 1.82) is 0 Å². The number of pyridine rings is 1. The zero-order valence-corrected chi connectivity index (χ0v) is 25.2. The summed E-state index contributed by atoms with van der Waals surface area (Å²) in [6, 6.07) is 10.4. The normalized spacial score (nSPS) is 13.8. The minimum Gasteiger partial charge on any atom is -0.422 e. The summed E-state index contributed by atoms with van der Waals surface area (Å²) in [6.45, 7) is 5.50. The van der Waals surface area contributed by atoms with Gasteiger partial charge in [0.1, 0.15) is 5.82 Å². The zero-order valence-electron chi connectivity index (χ0n) is 22.2. The monoisotopic (exact) mass is 661 g/mol. The van der Waals surface area contributed by atoms with Gasteiger partial charge in [-0.05, 0) is 95.7 Å². The Bertz CT molecular complexity index is 1870. The van der Waals surface area contributed by atoms with Crippen molar-refractivity contribution in [2.45, 2.75) is 58.2 Å². The van der Waals surface area contributed by atoms with Crippen LogP contribution in [0.1, 0.15) is 59.3 Å². The van der Waals surface area contributed by atoms with E-state index in [2.05, 4.69) is 0 Å². The number of rotatable bonds is 7. The molecule has 4 aromatic rings. The molecule has 1 aliphatic carbocycles. The molecule has 0 N–H and O–H groups in total. The topological polar surface area (TPSA) is 86.3 Å². The van der Waals surface area contributed by atoms with Crippen LogP contribution in [0, 0.1) is 23.2 Å². The Labute approximate surface area is 239 Å². The second-order valence-corrected chi connectivity index (χ2v) is 13.7. The molecule has 0 spiro atoms. The minimum absolute atomic E-state index is 0.0278. The van der Waals surface area contributed by atoms with Gasteiger partial charge in [-0.15, -0.1) is 0 Å². The molecule has 1 fully saturated rings. The summed E-state index contributed by atoms with van der Waals surface area (Å²) in [5.41, 5.74) is 3.92. The van der Waals surface area contributed by atoms with Crippen molar-refractivity contribution in [3.8, 4) is 11.1 Å². The second-order valence-electron chi connectivity index (χ2n) is 10.3. The van der Waals surface area contributed by atoms with Gasteiger partial charge in [-0.3, -0.25) is 4.79 Å². The van der Waals surface area contributed by atoms with Gasteiger partial charge in [0.15, 0.2) is 15.4 Å². The van der Waals surface area contributed by atoms with Crippen LogP contribution < -0.4 is 11.2 Å². The molecule has 0 amide bonds. The highest BCUT2D eigenvalue weighted by Gasteiger charge is 2.32. The van der Waals surface area contributed by atoms with E-state index in [9.17, 15) is 22.4 Å². The summed E-state index contributed by atoms with van der Waals surface area (Å²) in [7, 11) is -3.30. The second kappa shape index (κ2) is 10.3. The number of halogens is 2. The van der Waals surface area contributed by atoms with Crippen LogP contribution in [0.15, 0.2) is 50.4 Å². The van der Waals surface area contributed by atoms with Gasteiger partial charge in [-0.2, -0.15) is 0 Å². The predicted molar refractivity (Wildman–Crippen MR) is 160 cm³/mol. The van der Waals surface area contributed by atoms with Crippen molar-refractivity contribution < 1.29 is 17.2 Å². The first kappa shape index (κ1) is 27.8. The highest BCUT2D eigenvalue weighted by Crippen LogP contribution is 2.41. The van der Waals surface area contributed by atoms with Crippen molar-refractivity contribution in [3.63, 3.8) is 0 Å². The summed E-state index contributed by atoms with van der Waals surface area (Å²) < 4.78 is 47.7. The zero-order chi connectivity index (χ0) is 28.2. The van der Waals surface area contributed by atoms with Crippen LogP contribution in [-0.2, 0) is 28.4 Å². The molecule has 1 aliphatic rings. The fourth-order valence-electron chi connectivity index (χ4n) is 5.47. The molecule has 0 radical (unpaired) electrons. The largest absolute Gasteiger partial charge is 0.422 e. The summed E-state index contributed by atoms with van der Waals surface area (Å²) in [4.78, 5) is 27.5. The first-order valence-corrected chi connectivity index (χ1v) is 16.0. The molecule has 0 aliphatic heterocycles. The molecule has 2 aromatic heterocycles. The molecule has 9 heteroatoms. The van der Waals surface area contributed by atoms with Crippen molar-refractivity contribution in [1.82, 2.24) is 4.57 Å². The molecule has 6 nitrogen and oxygen atoms in total. The molecule has 0 saturated heterocycles. The average Bonchev–Trinajstić information content (AvgIpc) is 3.67. The number of aromatic nitrogens is 1. The van der Waals surface area contributed by atoms with Crippen LogP contribution in [0.4, 0.5) is 4.39 Å². The number of hydrogen-bond acceptors (Lipinski definition) is 5. The number of hydrogen-bond donors (Lipinski definition) is 0. The first-order chi connectivity index (χ1) is 18.4. The Balaban J connectivity index is 1.90. The number of benzene rings is 2. The third-order valence-corrected chi connectivity index (χ3v) is 9.00. The standard InChI is InChI=1S/C30H29FINO5S/c1-5-22-24(13-18-9-10-20(32)14-25(18)31)27-28(38-30(22)35)26(17(3)33(29(27)34)21-11-12-21)23-8-6-7-19(16(23)2)15-39(4,36)37/h6-10,14,21H,5,11-13,15H2,1-4H3. The SMILES string of the molecule is CCc1c(Cc2ccc(I)cc2F)c2c(=O)n(C3CC3)c(C)c(-c3cccc(CS(C)(=O)=O)c3C)c2oc1=O. The lowest BCUT2D eigenvalue weighted by molar-refractivity contribution is 0.545. The summed E-state index contributed by atoms with van der Waals surface area (Å²) in [6.07, 6.45) is 3.31. The molecule has 1 saturated carbocycles. The van der Waals surface area contributed by atoms with E-state index in [1.54, 1.807) is 28.8 Å². The Morgan fingerprint density at radius 1 is 1.08 bits per heavy atom. The Hall–Kier alpha value is -2.79. The molecule has 204 valence electrons. The lowest BCUT2D eigenvalue weighted by atomic mass is 9.91. The van der Waals surface area contributed by atoms with E-state index in [4.69, 9.17) is 4.42 Å². The highest BCUT2D eigenvalue weighted by atomic mass is 127. The predicted octanol–water partition coefficient (Wildman–Crippen LogP) is 6.01. The van der Waals surface area contributed by atoms with Crippen molar-refractivity contribution in [3.05, 3.63) is 100 Å². The van der Waals surface area contributed by atoms with Crippen molar-refractivity contribution >= 4 is 43.4 Å². The molecule has 5 rings (SSSR count). The fourth-order valence-corrected chi connectivity index (χ4v) is 6.80. The lowest BCUT2D eigenvalue weighted by Crippen LogP contribution is -2.26. The van der Waals surface area contributed by atoms with Crippen LogP contribution >= 0.6 is 22.6 Å². The smallest absolute Gasteiger partial charge is 0.339 e. The molecule has 2 aromatic carbocycles. The number of nitrogens with zero attached hydrogens (tertiary/aromatic N) is 1. The minimum atomic E-state index is -3.30. The van der Waals surface area contributed by atoms with Gasteiger partial charge in [-0.1, -0.05) is 31.2 Å². The first-order valence-electron chi connectivity index (χ1n) is 12.8. The van der Waals surface area contributed by atoms with Gasteiger partial charge in [0, 0.05) is 39.1 Å². The Morgan fingerprint density at radius 3 is 2.41 bits per heavy atom. The summed E-state index contributed by atoms with van der Waals surface area (Å²) >= 11 is 2.04. The lowest BCUT2D eigenvalue weighted by Gasteiger charge is -2.21. The molecule has 0 bridgehead atoms. The molecule has 2 heterocycles. The maximum Gasteiger partial charge on any atom is 0.339 e. The number of fused-ring (bicyclic) bond motifs is 1. The van der Waals surface area contributed by atoms with E-state index in [1.807, 2.05) is 49.4 Å². The Kier molecular flexibility index (Phi) is 7.34. The van der Waals surface area contributed by atoms with E-state index < -0.39 is 21.3 Å². The average molecular weight is 662 g/mol. The quantitative estimate of drug-likeness (QED) is 0.227. The van der Waals surface area contributed by atoms with Crippen LogP contribution in [0.5, 0.6) is 0 Å². The number of sulfone groups is 1. The van der Waals surface area contributed by atoms with Crippen LogP contribution in [-0.4, -0.2) is 19.2 Å². The van der Waals surface area contributed by atoms with E-state index in [0.29, 0.717) is 45.5 Å². The highest BCUT2D eigenvalue weighted by molar-refractivity contribution is 14.1. The van der Waals surface area contributed by atoms with Gasteiger partial charge >= 0.3 is 5.63 Å². The molecule has 0 unspecified atom stereocenters. The molecular formula is C30H29FINO5S. The van der Waals surface area contributed by atoms with Crippen LogP contribution in [0.25, 0.3) is 22.1 Å². The third-order valence-electron chi connectivity index (χ3n) is 7.50.